The molecule has 1 N–H and O–H groups in total. The lowest BCUT2D eigenvalue weighted by atomic mass is 10.2. The molecule has 0 atom stereocenters. The number of pyridine rings is 1. The summed E-state index contributed by atoms with van der Waals surface area (Å²) in [6.45, 7) is 0.533. The molecule has 0 amide bonds. The van der Waals surface area contributed by atoms with Gasteiger partial charge in [0, 0.05) is 18.7 Å². The van der Waals surface area contributed by atoms with Crippen molar-refractivity contribution in [2.45, 2.75) is 6.54 Å². The summed E-state index contributed by atoms with van der Waals surface area (Å²) in [7, 11) is 0. The van der Waals surface area contributed by atoms with E-state index in [1.54, 1.807) is 30.3 Å². The average Bonchev–Trinajstić information content (AvgIpc) is 2.37. The van der Waals surface area contributed by atoms with Gasteiger partial charge in [-0.25, -0.2) is 4.98 Å². The predicted molar refractivity (Wildman–Crippen MR) is 69.7 cm³/mol. The molecule has 6 heteroatoms. The molecule has 1 aromatic carbocycles. The Morgan fingerprint density at radius 3 is 2.56 bits per heavy atom. The Morgan fingerprint density at radius 1 is 1.22 bits per heavy atom. The molecule has 92 valence electrons. The fourth-order valence-electron chi connectivity index (χ4n) is 1.43. The van der Waals surface area contributed by atoms with Crippen LogP contribution in [0.25, 0.3) is 0 Å². The molecule has 0 fully saturated rings. The molecular formula is C12H10ClN3O2. The first-order chi connectivity index (χ1) is 8.65. The van der Waals surface area contributed by atoms with E-state index in [0.717, 1.165) is 5.56 Å². The van der Waals surface area contributed by atoms with Crippen LogP contribution in [0.15, 0.2) is 42.5 Å². The standard InChI is InChI=1S/C12H10ClN3O2/c13-11-2-1-3-12(15-11)14-8-9-4-6-10(7-5-9)16(17)18/h1-7H,8H2,(H,14,15). The molecule has 0 spiro atoms. The van der Waals surface area contributed by atoms with Crippen molar-refractivity contribution in [3.05, 3.63) is 63.3 Å². The summed E-state index contributed by atoms with van der Waals surface area (Å²) in [4.78, 5) is 14.2. The summed E-state index contributed by atoms with van der Waals surface area (Å²) < 4.78 is 0. The molecule has 0 aliphatic rings. The summed E-state index contributed by atoms with van der Waals surface area (Å²) in [6, 6.07) is 11.7. The Labute approximate surface area is 109 Å². The molecule has 0 aliphatic heterocycles. The highest BCUT2D eigenvalue weighted by Gasteiger charge is 2.03. The number of nitro benzene ring substituents is 1. The van der Waals surface area contributed by atoms with Crippen molar-refractivity contribution in [3.8, 4) is 0 Å². The molecule has 0 saturated carbocycles. The Bertz CT molecular complexity index is 558. The largest absolute Gasteiger partial charge is 0.366 e. The number of halogens is 1. The van der Waals surface area contributed by atoms with Gasteiger partial charge in [-0.15, -0.1) is 0 Å². The number of hydrogen-bond acceptors (Lipinski definition) is 4. The van der Waals surface area contributed by atoms with Crippen LogP contribution in [0.5, 0.6) is 0 Å². The van der Waals surface area contributed by atoms with Gasteiger partial charge in [0.15, 0.2) is 0 Å². The van der Waals surface area contributed by atoms with Crippen molar-refractivity contribution < 1.29 is 4.92 Å². The molecule has 18 heavy (non-hydrogen) atoms. The lowest BCUT2D eigenvalue weighted by Gasteiger charge is -2.05. The molecule has 2 aromatic rings. The van der Waals surface area contributed by atoms with E-state index in [1.807, 2.05) is 0 Å². The van der Waals surface area contributed by atoms with E-state index in [0.29, 0.717) is 17.5 Å². The third kappa shape index (κ3) is 3.18. The molecule has 0 aliphatic carbocycles. The molecule has 0 bridgehead atoms. The minimum absolute atomic E-state index is 0.0830. The number of non-ortho nitro benzene ring substituents is 1. The van der Waals surface area contributed by atoms with E-state index >= 15 is 0 Å². The second kappa shape index (κ2) is 5.46. The number of hydrogen-bond donors (Lipinski definition) is 1. The van der Waals surface area contributed by atoms with Crippen molar-refractivity contribution >= 4 is 23.1 Å². The van der Waals surface area contributed by atoms with Crippen LogP contribution in [-0.2, 0) is 6.54 Å². The highest BCUT2D eigenvalue weighted by Crippen LogP contribution is 2.14. The number of anilines is 1. The number of aromatic nitrogens is 1. The first-order valence-electron chi connectivity index (χ1n) is 5.25. The zero-order valence-corrected chi connectivity index (χ0v) is 10.1. The maximum absolute atomic E-state index is 10.5. The topological polar surface area (TPSA) is 68.1 Å². The van der Waals surface area contributed by atoms with Gasteiger partial charge in [0.1, 0.15) is 11.0 Å². The highest BCUT2D eigenvalue weighted by molar-refractivity contribution is 6.29. The summed E-state index contributed by atoms with van der Waals surface area (Å²) in [6.07, 6.45) is 0. The van der Waals surface area contributed by atoms with Gasteiger partial charge >= 0.3 is 0 Å². The minimum Gasteiger partial charge on any atom is -0.366 e. The van der Waals surface area contributed by atoms with Crippen LogP contribution in [0, 0.1) is 10.1 Å². The quantitative estimate of drug-likeness (QED) is 0.522. The number of nitrogens with one attached hydrogen (secondary N) is 1. The number of benzene rings is 1. The van der Waals surface area contributed by atoms with Crippen molar-refractivity contribution in [2.75, 3.05) is 5.32 Å². The first kappa shape index (κ1) is 12.3. The number of nitro groups is 1. The summed E-state index contributed by atoms with van der Waals surface area (Å²) in [5, 5.41) is 14.0. The minimum atomic E-state index is -0.421. The second-order valence-corrected chi connectivity index (χ2v) is 4.01. The summed E-state index contributed by atoms with van der Waals surface area (Å²) >= 11 is 5.76. The zero-order valence-electron chi connectivity index (χ0n) is 9.34. The first-order valence-corrected chi connectivity index (χ1v) is 5.63. The fraction of sp³-hybridized carbons (Fsp3) is 0.0833. The normalized spacial score (nSPS) is 10.1. The van der Waals surface area contributed by atoms with Crippen molar-refractivity contribution in [1.29, 1.82) is 0 Å². The molecule has 1 aromatic heterocycles. The average molecular weight is 264 g/mol. The Balaban J connectivity index is 2.00. The molecule has 0 unspecified atom stereocenters. The van der Waals surface area contributed by atoms with Gasteiger partial charge in [-0.3, -0.25) is 10.1 Å². The Morgan fingerprint density at radius 2 is 1.94 bits per heavy atom. The van der Waals surface area contributed by atoms with E-state index in [1.165, 1.54) is 12.1 Å². The highest BCUT2D eigenvalue weighted by atomic mass is 35.5. The van der Waals surface area contributed by atoms with Crippen LogP contribution < -0.4 is 5.32 Å². The molecule has 0 saturated heterocycles. The van der Waals surface area contributed by atoms with Gasteiger partial charge in [0.2, 0.25) is 0 Å². The van der Waals surface area contributed by atoms with E-state index < -0.39 is 4.92 Å². The van der Waals surface area contributed by atoms with Crippen LogP contribution in [0.2, 0.25) is 5.15 Å². The van der Waals surface area contributed by atoms with E-state index in [4.69, 9.17) is 11.6 Å². The van der Waals surface area contributed by atoms with Gasteiger partial charge in [-0.2, -0.15) is 0 Å². The van der Waals surface area contributed by atoms with Gasteiger partial charge in [0.25, 0.3) is 5.69 Å². The van der Waals surface area contributed by atoms with Gasteiger partial charge in [0.05, 0.1) is 4.92 Å². The molecule has 2 rings (SSSR count). The maximum Gasteiger partial charge on any atom is 0.269 e. The van der Waals surface area contributed by atoms with E-state index in [2.05, 4.69) is 10.3 Å². The smallest absolute Gasteiger partial charge is 0.269 e. The second-order valence-electron chi connectivity index (χ2n) is 3.62. The molecule has 1 heterocycles. The SMILES string of the molecule is O=[N+]([O-])c1ccc(CNc2cccc(Cl)n2)cc1. The van der Waals surface area contributed by atoms with Gasteiger partial charge in [-0.05, 0) is 17.7 Å². The van der Waals surface area contributed by atoms with Crippen LogP contribution in [0.3, 0.4) is 0 Å². The van der Waals surface area contributed by atoms with Gasteiger partial charge in [-0.1, -0.05) is 29.8 Å². The monoisotopic (exact) mass is 263 g/mol. The van der Waals surface area contributed by atoms with E-state index in [-0.39, 0.29) is 5.69 Å². The Kier molecular flexibility index (Phi) is 3.74. The molecule has 5 nitrogen and oxygen atoms in total. The Hall–Kier alpha value is -2.14. The van der Waals surface area contributed by atoms with Crippen LogP contribution in [0.4, 0.5) is 11.5 Å². The third-order valence-electron chi connectivity index (χ3n) is 2.34. The van der Waals surface area contributed by atoms with Crippen LogP contribution in [-0.4, -0.2) is 9.91 Å². The van der Waals surface area contributed by atoms with Crippen LogP contribution >= 0.6 is 11.6 Å². The summed E-state index contributed by atoms with van der Waals surface area (Å²) in [5.41, 5.74) is 1.02. The number of rotatable bonds is 4. The zero-order chi connectivity index (χ0) is 13.0. The molecular weight excluding hydrogens is 254 g/mol. The van der Waals surface area contributed by atoms with Gasteiger partial charge < -0.3 is 5.32 Å². The van der Waals surface area contributed by atoms with Crippen molar-refractivity contribution in [2.24, 2.45) is 0 Å². The van der Waals surface area contributed by atoms with Crippen molar-refractivity contribution in [1.82, 2.24) is 4.98 Å². The lowest BCUT2D eigenvalue weighted by molar-refractivity contribution is -0.384. The number of nitrogens with zero attached hydrogens (tertiary/aromatic N) is 2. The maximum atomic E-state index is 10.5. The lowest BCUT2D eigenvalue weighted by Crippen LogP contribution is -2.01. The molecule has 0 radical (unpaired) electrons. The fourth-order valence-corrected chi connectivity index (χ4v) is 1.60. The van der Waals surface area contributed by atoms with Crippen molar-refractivity contribution in [3.63, 3.8) is 0 Å². The third-order valence-corrected chi connectivity index (χ3v) is 2.55. The van der Waals surface area contributed by atoms with E-state index in [9.17, 15) is 10.1 Å². The van der Waals surface area contributed by atoms with Crippen LogP contribution in [0.1, 0.15) is 5.56 Å². The predicted octanol–water partition coefficient (Wildman–Crippen LogP) is 3.26. The summed E-state index contributed by atoms with van der Waals surface area (Å²) in [5.74, 6) is 0.667.